The Morgan fingerprint density at radius 1 is 0.771 bits per heavy atom. The molecule has 4 aromatic heterocycles. The van der Waals surface area contributed by atoms with Crippen molar-refractivity contribution >= 4 is 33.6 Å². The molecule has 0 saturated heterocycles. The summed E-state index contributed by atoms with van der Waals surface area (Å²) in [6.07, 6.45) is 6.98. The van der Waals surface area contributed by atoms with Gasteiger partial charge in [0, 0.05) is 45.9 Å². The number of nitrogens with zero attached hydrogens (tertiary/aromatic N) is 6. The monoisotopic (exact) mass is 631 g/mol. The maximum absolute atomic E-state index is 12.0. The summed E-state index contributed by atoms with van der Waals surface area (Å²) in [6.45, 7) is 2.28. The van der Waals surface area contributed by atoms with Crippen LogP contribution in [-0.2, 0) is 9.53 Å². The topological polar surface area (TPSA) is 151 Å². The summed E-state index contributed by atoms with van der Waals surface area (Å²) in [6, 6.07) is 30.8. The third kappa shape index (κ3) is 6.96. The second-order valence-corrected chi connectivity index (χ2v) is 11.6. The van der Waals surface area contributed by atoms with E-state index < -0.39 is 0 Å². The molecule has 0 bridgehead atoms. The van der Waals surface area contributed by atoms with Crippen molar-refractivity contribution < 1.29 is 9.53 Å². The van der Waals surface area contributed by atoms with E-state index in [1.165, 1.54) is 0 Å². The second kappa shape index (κ2) is 14.5. The Morgan fingerprint density at radius 2 is 1.33 bits per heavy atom. The molecule has 2 N–H and O–H groups in total. The lowest BCUT2D eigenvalue weighted by molar-refractivity contribution is -0.149. The van der Waals surface area contributed by atoms with Gasteiger partial charge in [-0.3, -0.25) is 19.7 Å². The lowest BCUT2D eigenvalue weighted by Gasteiger charge is -2.27. The number of anilines is 1. The molecule has 2 aromatic carbocycles. The number of rotatable bonds is 5. The van der Waals surface area contributed by atoms with Crippen molar-refractivity contribution in [3.05, 3.63) is 114 Å². The number of benzene rings is 2. The number of nitrogens with two attached hydrogens (primary N) is 1. The molecular formula is C39H33N7O2. The first kappa shape index (κ1) is 31.8. The minimum atomic E-state index is -0.0735. The maximum atomic E-state index is 12.0. The highest BCUT2D eigenvalue weighted by atomic mass is 16.5. The second-order valence-electron chi connectivity index (χ2n) is 11.6. The number of aromatic nitrogens is 4. The van der Waals surface area contributed by atoms with Gasteiger partial charge in [-0.25, -0.2) is 4.98 Å². The SMILES string of the molecule is CCOC(=O)C1CCC(c2cc3cccnc3c(-c3cccc(C#N)c3)n2)CC1.N#Cc1cccc(-c2nc(N)cc3cccnc23)c1. The molecule has 0 atom stereocenters. The van der Waals surface area contributed by atoms with Crippen LogP contribution in [-0.4, -0.2) is 32.5 Å². The Balaban J connectivity index is 0.000000182. The molecule has 1 fully saturated rings. The van der Waals surface area contributed by atoms with Gasteiger partial charge in [-0.05, 0) is 81.1 Å². The van der Waals surface area contributed by atoms with E-state index in [0.29, 0.717) is 35.2 Å². The van der Waals surface area contributed by atoms with Gasteiger partial charge in [0.15, 0.2) is 0 Å². The van der Waals surface area contributed by atoms with Crippen molar-refractivity contribution in [1.29, 1.82) is 10.5 Å². The number of hydrogen-bond acceptors (Lipinski definition) is 9. The fraction of sp³-hybridized carbons (Fsp3) is 0.205. The summed E-state index contributed by atoms with van der Waals surface area (Å²) in [7, 11) is 0. The van der Waals surface area contributed by atoms with Gasteiger partial charge in [-0.15, -0.1) is 0 Å². The average molecular weight is 632 g/mol. The van der Waals surface area contributed by atoms with Crippen LogP contribution in [0.25, 0.3) is 44.3 Å². The maximum Gasteiger partial charge on any atom is 0.308 e. The molecule has 0 unspecified atom stereocenters. The number of pyridine rings is 4. The minimum absolute atomic E-state index is 0.0000959. The lowest BCUT2D eigenvalue weighted by Crippen LogP contribution is -2.23. The van der Waals surface area contributed by atoms with Gasteiger partial charge in [0.05, 0.1) is 58.2 Å². The van der Waals surface area contributed by atoms with Crippen molar-refractivity contribution in [2.75, 3.05) is 12.3 Å². The zero-order chi connectivity index (χ0) is 33.5. The van der Waals surface area contributed by atoms with Crippen LogP contribution in [0.1, 0.15) is 55.3 Å². The van der Waals surface area contributed by atoms with Crippen molar-refractivity contribution in [3.8, 4) is 34.7 Å². The number of hydrogen-bond donors (Lipinski definition) is 1. The number of carbonyl (C=O) groups is 1. The van der Waals surface area contributed by atoms with Crippen LogP contribution in [0.4, 0.5) is 5.82 Å². The smallest absolute Gasteiger partial charge is 0.308 e. The van der Waals surface area contributed by atoms with E-state index in [1.54, 1.807) is 36.7 Å². The van der Waals surface area contributed by atoms with E-state index in [9.17, 15) is 10.1 Å². The van der Waals surface area contributed by atoms with Gasteiger partial charge < -0.3 is 10.5 Å². The van der Waals surface area contributed by atoms with Crippen LogP contribution in [0, 0.1) is 28.6 Å². The predicted octanol–water partition coefficient (Wildman–Crippen LogP) is 7.76. The molecule has 236 valence electrons. The summed E-state index contributed by atoms with van der Waals surface area (Å²) in [5.41, 5.74) is 12.9. The van der Waals surface area contributed by atoms with E-state index >= 15 is 0 Å². The zero-order valence-corrected chi connectivity index (χ0v) is 26.5. The van der Waals surface area contributed by atoms with Crippen molar-refractivity contribution in [1.82, 2.24) is 19.9 Å². The Hall–Kier alpha value is -6.19. The molecule has 1 saturated carbocycles. The van der Waals surface area contributed by atoms with Crippen molar-refractivity contribution in [3.63, 3.8) is 0 Å². The van der Waals surface area contributed by atoms with Crippen LogP contribution < -0.4 is 5.73 Å². The Labute approximate surface area is 278 Å². The van der Waals surface area contributed by atoms with Gasteiger partial charge in [0.1, 0.15) is 5.82 Å². The summed E-state index contributed by atoms with van der Waals surface area (Å²) >= 11 is 0. The molecule has 9 nitrogen and oxygen atoms in total. The van der Waals surface area contributed by atoms with E-state index in [-0.39, 0.29) is 11.9 Å². The summed E-state index contributed by atoms with van der Waals surface area (Å²) < 4.78 is 5.19. The Kier molecular flexibility index (Phi) is 9.59. The van der Waals surface area contributed by atoms with Crippen LogP contribution >= 0.6 is 0 Å². The van der Waals surface area contributed by atoms with Crippen molar-refractivity contribution in [2.24, 2.45) is 5.92 Å². The Morgan fingerprint density at radius 3 is 1.90 bits per heavy atom. The molecule has 48 heavy (non-hydrogen) atoms. The average Bonchev–Trinajstić information content (AvgIpc) is 3.14. The molecule has 9 heteroatoms. The molecule has 1 aliphatic carbocycles. The first-order chi connectivity index (χ1) is 23.5. The molecular weight excluding hydrogens is 598 g/mol. The van der Waals surface area contributed by atoms with Crippen LogP contribution in [0.2, 0.25) is 0 Å². The molecule has 1 aliphatic rings. The number of ether oxygens (including phenoxy) is 1. The van der Waals surface area contributed by atoms with Gasteiger partial charge in [0.25, 0.3) is 0 Å². The van der Waals surface area contributed by atoms with E-state index in [2.05, 4.69) is 39.2 Å². The molecule has 7 rings (SSSR count). The highest BCUT2D eigenvalue weighted by molar-refractivity contribution is 5.93. The van der Waals surface area contributed by atoms with Crippen molar-refractivity contribution in [2.45, 2.75) is 38.5 Å². The minimum Gasteiger partial charge on any atom is -0.466 e. The number of fused-ring (bicyclic) bond motifs is 2. The first-order valence-electron chi connectivity index (χ1n) is 15.9. The normalized spacial score (nSPS) is 15.5. The fourth-order valence-corrected chi connectivity index (χ4v) is 6.18. The molecule has 4 heterocycles. The van der Waals surface area contributed by atoms with Crippen LogP contribution in [0.3, 0.4) is 0 Å². The van der Waals surface area contributed by atoms with Gasteiger partial charge in [0.2, 0.25) is 0 Å². The van der Waals surface area contributed by atoms with Crippen LogP contribution in [0.15, 0.2) is 97.3 Å². The van der Waals surface area contributed by atoms with Crippen LogP contribution in [0.5, 0.6) is 0 Å². The summed E-state index contributed by atoms with van der Waals surface area (Å²) in [5, 5.41) is 20.2. The lowest BCUT2D eigenvalue weighted by atomic mass is 9.80. The molecule has 0 amide bonds. The van der Waals surface area contributed by atoms with Gasteiger partial charge in [-0.2, -0.15) is 10.5 Å². The molecule has 6 aromatic rings. The molecule has 0 radical (unpaired) electrons. The van der Waals surface area contributed by atoms with E-state index in [1.807, 2.05) is 55.5 Å². The molecule has 0 aliphatic heterocycles. The number of carbonyl (C=O) groups excluding carboxylic acids is 1. The quantitative estimate of drug-likeness (QED) is 0.188. The third-order valence-corrected chi connectivity index (χ3v) is 8.51. The third-order valence-electron chi connectivity index (χ3n) is 8.51. The largest absolute Gasteiger partial charge is 0.466 e. The summed E-state index contributed by atoms with van der Waals surface area (Å²) in [4.78, 5) is 30.3. The zero-order valence-electron chi connectivity index (χ0n) is 26.5. The van der Waals surface area contributed by atoms with Gasteiger partial charge >= 0.3 is 5.97 Å². The first-order valence-corrected chi connectivity index (χ1v) is 15.9. The van der Waals surface area contributed by atoms with E-state index in [0.717, 1.165) is 70.0 Å². The highest BCUT2D eigenvalue weighted by Crippen LogP contribution is 2.38. The standard InChI is InChI=1S/C24H23N3O2.C15H10N4/c1-2-29-24(28)18-10-8-17(9-11-18)21-14-20-7-4-12-26-22(20)23(27-21)19-6-3-5-16(13-19)15-25;16-9-10-3-1-4-11(7-10)15-14-12(5-2-6-18-14)8-13(17)19-15/h3-7,12-14,17-18H,2,8-11H2,1H3;1-8H,(H2,17,19). The van der Waals surface area contributed by atoms with Gasteiger partial charge in [-0.1, -0.05) is 36.4 Å². The fourth-order valence-electron chi connectivity index (χ4n) is 6.18. The predicted molar refractivity (Wildman–Crippen MR) is 185 cm³/mol. The summed E-state index contributed by atoms with van der Waals surface area (Å²) in [5.74, 6) is 0.678. The highest BCUT2D eigenvalue weighted by Gasteiger charge is 2.29. The van der Waals surface area contributed by atoms with E-state index in [4.69, 9.17) is 20.7 Å². The molecule has 0 spiro atoms. The Bertz CT molecular complexity index is 2190. The number of nitriles is 2. The number of nitrogen functional groups attached to an aromatic ring is 1. The number of esters is 1.